The van der Waals surface area contributed by atoms with Crippen molar-refractivity contribution in [2.45, 2.75) is 39.8 Å². The molecule has 0 unspecified atom stereocenters. The van der Waals surface area contributed by atoms with Crippen molar-refractivity contribution in [2.24, 2.45) is 0 Å². The Bertz CT molecular complexity index is 377. The van der Waals surface area contributed by atoms with Gasteiger partial charge in [-0.2, -0.15) is 0 Å². The number of hydrogen-bond acceptors (Lipinski definition) is 3. The first kappa shape index (κ1) is 13.8. The molecule has 0 bridgehead atoms. The first-order chi connectivity index (χ1) is 7.78. The first-order valence-electron chi connectivity index (χ1n) is 5.82. The average Bonchev–Trinajstić information content (AvgIpc) is 2.59. The summed E-state index contributed by atoms with van der Waals surface area (Å²) in [6, 6.07) is 3.80. The number of nitrogens with zero attached hydrogens (tertiary/aromatic N) is 1. The number of carbonyl (C=O) groups excluding carboxylic acids is 1. The molecule has 0 aliphatic heterocycles. The molecule has 4 nitrogen and oxygen atoms in total. The Morgan fingerprint density at radius 1 is 1.41 bits per heavy atom. The van der Waals surface area contributed by atoms with Gasteiger partial charge in [0.05, 0.1) is 13.1 Å². The van der Waals surface area contributed by atoms with Gasteiger partial charge in [0, 0.05) is 12.6 Å². The standard InChI is InChI=1S/C13H22N2O2/c1-10-6-7-11(17-10)9-15(5)12(16)8-14-13(2,3)4/h6-7,14H,8-9H2,1-5H3. The molecular weight excluding hydrogens is 216 g/mol. The molecule has 0 aliphatic carbocycles. The highest BCUT2D eigenvalue weighted by Gasteiger charge is 2.15. The minimum atomic E-state index is -0.0439. The predicted octanol–water partition coefficient (Wildman–Crippen LogP) is 1.93. The zero-order valence-corrected chi connectivity index (χ0v) is 11.3. The zero-order chi connectivity index (χ0) is 13.1. The summed E-state index contributed by atoms with van der Waals surface area (Å²) in [6.07, 6.45) is 0. The molecule has 1 amide bonds. The molecule has 1 rings (SSSR count). The maximum absolute atomic E-state index is 11.8. The molecule has 0 fully saturated rings. The zero-order valence-electron chi connectivity index (χ0n) is 11.3. The second kappa shape index (κ2) is 5.36. The Kier molecular flexibility index (Phi) is 4.34. The third kappa shape index (κ3) is 5.04. The topological polar surface area (TPSA) is 45.5 Å². The fraction of sp³-hybridized carbons (Fsp3) is 0.615. The van der Waals surface area contributed by atoms with Crippen molar-refractivity contribution in [1.29, 1.82) is 0 Å². The number of nitrogens with one attached hydrogen (secondary N) is 1. The number of amides is 1. The molecule has 0 aromatic carbocycles. The molecule has 4 heteroatoms. The van der Waals surface area contributed by atoms with Crippen LogP contribution in [0.5, 0.6) is 0 Å². The van der Waals surface area contributed by atoms with Gasteiger partial charge in [0.2, 0.25) is 5.91 Å². The summed E-state index contributed by atoms with van der Waals surface area (Å²) in [6.45, 7) is 8.87. The number of likely N-dealkylation sites (N-methyl/N-ethyl adjacent to an activating group) is 1. The van der Waals surface area contributed by atoms with Crippen molar-refractivity contribution in [2.75, 3.05) is 13.6 Å². The van der Waals surface area contributed by atoms with Gasteiger partial charge in [-0.05, 0) is 39.8 Å². The fourth-order valence-electron chi connectivity index (χ4n) is 1.37. The van der Waals surface area contributed by atoms with Crippen LogP contribution in [0, 0.1) is 6.92 Å². The lowest BCUT2D eigenvalue weighted by atomic mass is 10.1. The monoisotopic (exact) mass is 238 g/mol. The van der Waals surface area contributed by atoms with Gasteiger partial charge in [0.15, 0.2) is 0 Å². The Morgan fingerprint density at radius 2 is 2.06 bits per heavy atom. The van der Waals surface area contributed by atoms with Gasteiger partial charge in [-0.3, -0.25) is 4.79 Å². The van der Waals surface area contributed by atoms with E-state index in [0.717, 1.165) is 11.5 Å². The lowest BCUT2D eigenvalue weighted by Crippen LogP contribution is -2.43. The molecule has 0 saturated heterocycles. The van der Waals surface area contributed by atoms with Crippen molar-refractivity contribution in [3.63, 3.8) is 0 Å². The van der Waals surface area contributed by atoms with Gasteiger partial charge < -0.3 is 14.6 Å². The molecule has 0 aliphatic rings. The quantitative estimate of drug-likeness (QED) is 0.872. The molecule has 96 valence electrons. The molecule has 1 aromatic rings. The van der Waals surface area contributed by atoms with Gasteiger partial charge in [-0.25, -0.2) is 0 Å². The van der Waals surface area contributed by atoms with Gasteiger partial charge in [0.1, 0.15) is 11.5 Å². The number of aryl methyl sites for hydroxylation is 1. The van der Waals surface area contributed by atoms with E-state index in [1.54, 1.807) is 11.9 Å². The van der Waals surface area contributed by atoms with Crippen LogP contribution < -0.4 is 5.32 Å². The highest BCUT2D eigenvalue weighted by atomic mass is 16.3. The number of carbonyl (C=O) groups is 1. The minimum absolute atomic E-state index is 0.0439. The highest BCUT2D eigenvalue weighted by molar-refractivity contribution is 5.77. The molecule has 0 radical (unpaired) electrons. The van der Waals surface area contributed by atoms with E-state index in [4.69, 9.17) is 4.42 Å². The Balaban J connectivity index is 2.42. The van der Waals surface area contributed by atoms with E-state index in [2.05, 4.69) is 5.32 Å². The predicted molar refractivity (Wildman–Crippen MR) is 67.7 cm³/mol. The second-order valence-corrected chi connectivity index (χ2v) is 5.37. The fourth-order valence-corrected chi connectivity index (χ4v) is 1.37. The maximum Gasteiger partial charge on any atom is 0.236 e. The van der Waals surface area contributed by atoms with Gasteiger partial charge in [-0.15, -0.1) is 0 Å². The van der Waals surface area contributed by atoms with Crippen molar-refractivity contribution >= 4 is 5.91 Å². The Labute approximate surface area is 103 Å². The van der Waals surface area contributed by atoms with E-state index < -0.39 is 0 Å². The van der Waals surface area contributed by atoms with E-state index in [1.165, 1.54) is 0 Å². The summed E-state index contributed by atoms with van der Waals surface area (Å²) in [5, 5.41) is 3.17. The largest absolute Gasteiger partial charge is 0.464 e. The molecular formula is C13H22N2O2. The van der Waals surface area contributed by atoms with E-state index in [0.29, 0.717) is 13.1 Å². The summed E-state index contributed by atoms with van der Waals surface area (Å²) in [5.41, 5.74) is -0.0439. The Hall–Kier alpha value is -1.29. The number of rotatable bonds is 4. The van der Waals surface area contributed by atoms with Crippen molar-refractivity contribution in [3.05, 3.63) is 23.7 Å². The van der Waals surface area contributed by atoms with Gasteiger partial charge >= 0.3 is 0 Å². The van der Waals surface area contributed by atoms with Gasteiger partial charge in [-0.1, -0.05) is 0 Å². The summed E-state index contributed by atoms with van der Waals surface area (Å²) < 4.78 is 5.44. The first-order valence-corrected chi connectivity index (χ1v) is 5.82. The molecule has 1 heterocycles. The third-order valence-electron chi connectivity index (χ3n) is 2.38. The number of furan rings is 1. The molecule has 17 heavy (non-hydrogen) atoms. The van der Waals surface area contributed by atoms with Crippen molar-refractivity contribution in [1.82, 2.24) is 10.2 Å². The summed E-state index contributed by atoms with van der Waals surface area (Å²) >= 11 is 0. The third-order valence-corrected chi connectivity index (χ3v) is 2.38. The summed E-state index contributed by atoms with van der Waals surface area (Å²) in [7, 11) is 1.78. The summed E-state index contributed by atoms with van der Waals surface area (Å²) in [5.74, 6) is 1.75. The molecule has 1 N–H and O–H groups in total. The van der Waals surface area contributed by atoms with E-state index in [1.807, 2.05) is 39.8 Å². The van der Waals surface area contributed by atoms with Crippen LogP contribution >= 0.6 is 0 Å². The summed E-state index contributed by atoms with van der Waals surface area (Å²) in [4.78, 5) is 13.5. The molecule has 0 atom stereocenters. The van der Waals surface area contributed by atoms with Crippen LogP contribution in [0.25, 0.3) is 0 Å². The van der Waals surface area contributed by atoms with Crippen LogP contribution in [0.1, 0.15) is 32.3 Å². The minimum Gasteiger partial charge on any atom is -0.464 e. The lowest BCUT2D eigenvalue weighted by molar-refractivity contribution is -0.130. The van der Waals surface area contributed by atoms with Crippen LogP contribution in [-0.2, 0) is 11.3 Å². The van der Waals surface area contributed by atoms with Crippen LogP contribution in [-0.4, -0.2) is 29.9 Å². The number of hydrogen-bond donors (Lipinski definition) is 1. The molecule has 1 aromatic heterocycles. The average molecular weight is 238 g/mol. The molecule has 0 spiro atoms. The van der Waals surface area contributed by atoms with Gasteiger partial charge in [0.25, 0.3) is 0 Å². The second-order valence-electron chi connectivity index (χ2n) is 5.37. The van der Waals surface area contributed by atoms with Crippen LogP contribution in [0.3, 0.4) is 0 Å². The lowest BCUT2D eigenvalue weighted by Gasteiger charge is -2.22. The van der Waals surface area contributed by atoms with Crippen molar-refractivity contribution < 1.29 is 9.21 Å². The van der Waals surface area contributed by atoms with Crippen LogP contribution in [0.4, 0.5) is 0 Å². The SMILES string of the molecule is Cc1ccc(CN(C)C(=O)CNC(C)(C)C)o1. The molecule has 0 saturated carbocycles. The van der Waals surface area contributed by atoms with E-state index in [-0.39, 0.29) is 11.4 Å². The highest BCUT2D eigenvalue weighted by Crippen LogP contribution is 2.08. The Morgan fingerprint density at radius 3 is 2.53 bits per heavy atom. The smallest absolute Gasteiger partial charge is 0.236 e. The maximum atomic E-state index is 11.8. The van der Waals surface area contributed by atoms with E-state index >= 15 is 0 Å². The normalized spacial score (nSPS) is 11.6. The van der Waals surface area contributed by atoms with Crippen molar-refractivity contribution in [3.8, 4) is 0 Å². The van der Waals surface area contributed by atoms with Crippen LogP contribution in [0.2, 0.25) is 0 Å². The van der Waals surface area contributed by atoms with E-state index in [9.17, 15) is 4.79 Å². The van der Waals surface area contributed by atoms with Crippen LogP contribution in [0.15, 0.2) is 16.5 Å².